The predicted molar refractivity (Wildman–Crippen MR) is 78.8 cm³/mol. The summed E-state index contributed by atoms with van der Waals surface area (Å²) < 4.78 is 0. The molecule has 3 nitrogen and oxygen atoms in total. The molecule has 5 heteroatoms. The normalized spacial score (nSPS) is 10.0. The summed E-state index contributed by atoms with van der Waals surface area (Å²) in [7, 11) is 0. The van der Waals surface area contributed by atoms with Gasteiger partial charge in [0.05, 0.1) is 0 Å². The van der Waals surface area contributed by atoms with E-state index in [0.29, 0.717) is 22.3 Å². The zero-order chi connectivity index (χ0) is 13.7. The molecule has 2 N–H and O–H groups in total. The molecule has 0 bridgehead atoms. The van der Waals surface area contributed by atoms with Crippen molar-refractivity contribution in [1.82, 2.24) is 5.32 Å². The topological polar surface area (TPSA) is 41.1 Å². The smallest absolute Gasteiger partial charge is 0.319 e. The van der Waals surface area contributed by atoms with E-state index < -0.39 is 0 Å². The Labute approximate surface area is 121 Å². The number of carbonyl (C=O) groups is 1. The van der Waals surface area contributed by atoms with E-state index in [-0.39, 0.29) is 6.03 Å². The third kappa shape index (κ3) is 4.47. The molecule has 0 aliphatic carbocycles. The highest BCUT2D eigenvalue weighted by molar-refractivity contribution is 6.31. The Bertz CT molecular complexity index is 587. The number of carbonyl (C=O) groups excluding carboxylic acids is 1. The minimum atomic E-state index is -0.290. The van der Waals surface area contributed by atoms with Crippen molar-refractivity contribution in [1.29, 1.82) is 0 Å². The van der Waals surface area contributed by atoms with Crippen LogP contribution in [0.5, 0.6) is 0 Å². The molecule has 0 radical (unpaired) electrons. The molecule has 0 aliphatic heterocycles. The molecule has 0 fully saturated rings. The van der Waals surface area contributed by atoms with Crippen LogP contribution in [-0.4, -0.2) is 6.03 Å². The molecule has 2 amide bonds. The Morgan fingerprint density at radius 2 is 1.68 bits per heavy atom. The molecule has 2 aromatic carbocycles. The second kappa shape index (κ2) is 6.45. The average molecular weight is 295 g/mol. The quantitative estimate of drug-likeness (QED) is 0.870. The third-order valence-electron chi connectivity index (χ3n) is 2.42. The number of anilines is 1. The van der Waals surface area contributed by atoms with E-state index >= 15 is 0 Å². The monoisotopic (exact) mass is 294 g/mol. The maximum atomic E-state index is 11.7. The SMILES string of the molecule is O=C(NCc1cccc(Cl)c1)Nc1cccc(Cl)c1. The molecule has 0 aliphatic rings. The van der Waals surface area contributed by atoms with Crippen molar-refractivity contribution < 1.29 is 4.79 Å². The fourth-order valence-electron chi connectivity index (χ4n) is 1.57. The zero-order valence-corrected chi connectivity index (χ0v) is 11.5. The minimum absolute atomic E-state index is 0.290. The highest BCUT2D eigenvalue weighted by atomic mass is 35.5. The van der Waals surface area contributed by atoms with E-state index in [4.69, 9.17) is 23.2 Å². The standard InChI is InChI=1S/C14H12Cl2N2O/c15-11-4-1-3-10(7-11)9-17-14(19)18-13-6-2-5-12(16)8-13/h1-8H,9H2,(H2,17,18,19). The number of hydrogen-bond acceptors (Lipinski definition) is 1. The Morgan fingerprint density at radius 1 is 1.00 bits per heavy atom. The van der Waals surface area contributed by atoms with Crippen molar-refractivity contribution in [3.63, 3.8) is 0 Å². The van der Waals surface area contributed by atoms with Crippen LogP contribution in [0.15, 0.2) is 48.5 Å². The van der Waals surface area contributed by atoms with Gasteiger partial charge in [-0.25, -0.2) is 4.79 Å². The molecular formula is C14H12Cl2N2O. The molecule has 19 heavy (non-hydrogen) atoms. The lowest BCUT2D eigenvalue weighted by Gasteiger charge is -2.08. The molecular weight excluding hydrogens is 283 g/mol. The van der Waals surface area contributed by atoms with Gasteiger partial charge in [0.15, 0.2) is 0 Å². The molecule has 0 saturated carbocycles. The second-order valence-corrected chi connectivity index (χ2v) is 4.82. The number of amides is 2. The fourth-order valence-corrected chi connectivity index (χ4v) is 1.97. The lowest BCUT2D eigenvalue weighted by molar-refractivity contribution is 0.251. The van der Waals surface area contributed by atoms with E-state index in [0.717, 1.165) is 5.56 Å². The van der Waals surface area contributed by atoms with Gasteiger partial charge in [0, 0.05) is 22.3 Å². The first-order valence-electron chi connectivity index (χ1n) is 5.68. The Kier molecular flexibility index (Phi) is 4.66. The molecule has 0 heterocycles. The van der Waals surface area contributed by atoms with Crippen molar-refractivity contribution in [3.8, 4) is 0 Å². The van der Waals surface area contributed by atoms with E-state index in [2.05, 4.69) is 10.6 Å². The number of urea groups is 1. The van der Waals surface area contributed by atoms with Crippen LogP contribution in [0, 0.1) is 0 Å². The first-order valence-corrected chi connectivity index (χ1v) is 6.44. The van der Waals surface area contributed by atoms with Gasteiger partial charge in [0.2, 0.25) is 0 Å². The summed E-state index contributed by atoms with van der Waals surface area (Å²) in [5.74, 6) is 0. The van der Waals surface area contributed by atoms with Gasteiger partial charge in [-0.1, -0.05) is 41.4 Å². The van der Waals surface area contributed by atoms with Crippen LogP contribution >= 0.6 is 23.2 Å². The molecule has 0 aromatic heterocycles. The zero-order valence-electron chi connectivity index (χ0n) is 9.99. The summed E-state index contributed by atoms with van der Waals surface area (Å²) >= 11 is 11.7. The number of halogens is 2. The summed E-state index contributed by atoms with van der Waals surface area (Å²) in [6.07, 6.45) is 0. The maximum absolute atomic E-state index is 11.7. The minimum Gasteiger partial charge on any atom is -0.334 e. The second-order valence-electron chi connectivity index (χ2n) is 3.95. The molecule has 98 valence electrons. The van der Waals surface area contributed by atoms with Gasteiger partial charge in [-0.15, -0.1) is 0 Å². The van der Waals surface area contributed by atoms with Crippen molar-refractivity contribution in [2.45, 2.75) is 6.54 Å². The largest absolute Gasteiger partial charge is 0.334 e. The highest BCUT2D eigenvalue weighted by Crippen LogP contribution is 2.14. The van der Waals surface area contributed by atoms with Gasteiger partial charge in [0.1, 0.15) is 0 Å². The van der Waals surface area contributed by atoms with E-state index in [1.807, 2.05) is 12.1 Å². The molecule has 0 saturated heterocycles. The Hall–Kier alpha value is -1.71. The van der Waals surface area contributed by atoms with E-state index in [9.17, 15) is 4.79 Å². The van der Waals surface area contributed by atoms with Crippen molar-refractivity contribution >= 4 is 34.9 Å². The van der Waals surface area contributed by atoms with Crippen LogP contribution in [0.25, 0.3) is 0 Å². The Morgan fingerprint density at radius 3 is 2.37 bits per heavy atom. The summed E-state index contributed by atoms with van der Waals surface area (Å²) in [6, 6.07) is 14.0. The first kappa shape index (κ1) is 13.7. The summed E-state index contributed by atoms with van der Waals surface area (Å²) in [5.41, 5.74) is 1.59. The first-order chi connectivity index (χ1) is 9.13. The fraction of sp³-hybridized carbons (Fsp3) is 0.0714. The van der Waals surface area contributed by atoms with Gasteiger partial charge < -0.3 is 10.6 Å². The predicted octanol–water partition coefficient (Wildman–Crippen LogP) is 4.32. The van der Waals surface area contributed by atoms with Crippen molar-refractivity contribution in [2.75, 3.05) is 5.32 Å². The molecule has 0 spiro atoms. The lowest BCUT2D eigenvalue weighted by atomic mass is 10.2. The average Bonchev–Trinajstić information content (AvgIpc) is 2.36. The molecule has 2 aromatic rings. The highest BCUT2D eigenvalue weighted by Gasteiger charge is 2.02. The van der Waals surface area contributed by atoms with E-state index in [1.54, 1.807) is 36.4 Å². The van der Waals surface area contributed by atoms with Gasteiger partial charge in [-0.2, -0.15) is 0 Å². The van der Waals surface area contributed by atoms with Crippen LogP contribution < -0.4 is 10.6 Å². The van der Waals surface area contributed by atoms with E-state index in [1.165, 1.54) is 0 Å². The summed E-state index contributed by atoms with van der Waals surface area (Å²) in [5, 5.41) is 6.67. The van der Waals surface area contributed by atoms with Crippen molar-refractivity contribution in [2.24, 2.45) is 0 Å². The van der Waals surface area contributed by atoms with Crippen molar-refractivity contribution in [3.05, 3.63) is 64.1 Å². The van der Waals surface area contributed by atoms with Gasteiger partial charge in [-0.3, -0.25) is 0 Å². The summed E-state index contributed by atoms with van der Waals surface area (Å²) in [6.45, 7) is 0.410. The van der Waals surface area contributed by atoms with Crippen LogP contribution in [0.2, 0.25) is 10.0 Å². The molecule has 0 unspecified atom stereocenters. The molecule has 2 rings (SSSR count). The number of hydrogen-bond donors (Lipinski definition) is 2. The van der Waals surface area contributed by atoms with Gasteiger partial charge in [-0.05, 0) is 35.9 Å². The lowest BCUT2D eigenvalue weighted by Crippen LogP contribution is -2.28. The summed E-state index contributed by atoms with van der Waals surface area (Å²) in [4.78, 5) is 11.7. The third-order valence-corrected chi connectivity index (χ3v) is 2.89. The van der Waals surface area contributed by atoms with Gasteiger partial charge in [0.25, 0.3) is 0 Å². The van der Waals surface area contributed by atoms with Crippen LogP contribution in [0.4, 0.5) is 10.5 Å². The number of rotatable bonds is 3. The number of nitrogens with one attached hydrogen (secondary N) is 2. The van der Waals surface area contributed by atoms with Crippen LogP contribution in [0.3, 0.4) is 0 Å². The maximum Gasteiger partial charge on any atom is 0.319 e. The Balaban J connectivity index is 1.88. The van der Waals surface area contributed by atoms with Crippen LogP contribution in [0.1, 0.15) is 5.56 Å². The molecule has 0 atom stereocenters. The number of benzene rings is 2. The van der Waals surface area contributed by atoms with Gasteiger partial charge >= 0.3 is 6.03 Å². The van der Waals surface area contributed by atoms with Crippen LogP contribution in [-0.2, 0) is 6.54 Å².